The first-order valence-corrected chi connectivity index (χ1v) is 7.47. The van der Waals surface area contributed by atoms with Crippen molar-refractivity contribution in [2.45, 2.75) is 18.4 Å². The van der Waals surface area contributed by atoms with Crippen LogP contribution in [-0.2, 0) is 6.54 Å². The second-order valence-corrected chi connectivity index (χ2v) is 5.70. The first kappa shape index (κ1) is 14.2. The van der Waals surface area contributed by atoms with Gasteiger partial charge in [0, 0.05) is 27.7 Å². The summed E-state index contributed by atoms with van der Waals surface area (Å²) in [5, 5.41) is 3.70. The number of thioether (sulfide) groups is 1. The molecule has 100 valence electrons. The van der Waals surface area contributed by atoms with E-state index in [9.17, 15) is 4.39 Å². The van der Waals surface area contributed by atoms with Crippen LogP contribution in [0.1, 0.15) is 12.5 Å². The lowest BCUT2D eigenvalue weighted by Gasteiger charge is -2.12. The van der Waals surface area contributed by atoms with Gasteiger partial charge in [0.2, 0.25) is 0 Å². The molecule has 0 aliphatic carbocycles. The van der Waals surface area contributed by atoms with Gasteiger partial charge in [-0.05, 0) is 30.0 Å². The van der Waals surface area contributed by atoms with Gasteiger partial charge in [-0.15, -0.1) is 11.8 Å². The summed E-state index contributed by atoms with van der Waals surface area (Å²) in [6.45, 7) is 2.49. The minimum absolute atomic E-state index is 0.277. The van der Waals surface area contributed by atoms with E-state index in [4.69, 9.17) is 11.6 Å². The molecular weight excluding hydrogens is 281 g/mol. The fourth-order valence-corrected chi connectivity index (χ4v) is 2.79. The molecule has 0 aliphatic heterocycles. The Kier molecular flexibility index (Phi) is 5.11. The molecule has 0 fully saturated rings. The van der Waals surface area contributed by atoms with Gasteiger partial charge in [0.25, 0.3) is 0 Å². The van der Waals surface area contributed by atoms with E-state index >= 15 is 0 Å². The Labute approximate surface area is 122 Å². The number of halogens is 2. The molecule has 2 rings (SSSR count). The Morgan fingerprint density at radius 2 is 1.95 bits per heavy atom. The fraction of sp³-hybridized carbons (Fsp3) is 0.200. The highest BCUT2D eigenvalue weighted by atomic mass is 35.5. The average molecular weight is 296 g/mol. The van der Waals surface area contributed by atoms with Crippen molar-refractivity contribution < 1.29 is 4.39 Å². The number of anilines is 1. The third kappa shape index (κ3) is 3.64. The second-order valence-electron chi connectivity index (χ2n) is 3.98. The largest absolute Gasteiger partial charge is 0.380 e. The van der Waals surface area contributed by atoms with Crippen molar-refractivity contribution in [1.82, 2.24) is 0 Å². The molecule has 2 aromatic carbocycles. The number of benzene rings is 2. The predicted octanol–water partition coefficient (Wildman–Crippen LogP) is 5.20. The van der Waals surface area contributed by atoms with Gasteiger partial charge in [0.1, 0.15) is 5.82 Å². The van der Waals surface area contributed by atoms with E-state index in [1.165, 1.54) is 6.07 Å². The highest BCUT2D eigenvalue weighted by Crippen LogP contribution is 2.28. The summed E-state index contributed by atoms with van der Waals surface area (Å²) in [7, 11) is 0. The van der Waals surface area contributed by atoms with Crippen LogP contribution >= 0.6 is 23.4 Å². The van der Waals surface area contributed by atoms with E-state index < -0.39 is 0 Å². The van der Waals surface area contributed by atoms with Crippen LogP contribution in [0, 0.1) is 5.82 Å². The zero-order valence-electron chi connectivity index (χ0n) is 10.6. The molecule has 1 N–H and O–H groups in total. The van der Waals surface area contributed by atoms with Crippen molar-refractivity contribution in [1.29, 1.82) is 0 Å². The zero-order chi connectivity index (χ0) is 13.7. The average Bonchev–Trinajstić information content (AvgIpc) is 2.40. The molecule has 19 heavy (non-hydrogen) atoms. The summed E-state index contributed by atoms with van der Waals surface area (Å²) in [6, 6.07) is 12.8. The maximum atomic E-state index is 13.7. The standard InChI is InChI=1S/C15H15ClFNS/c1-2-19-15-9-4-3-8-14(15)18-10-11-12(16)6-5-7-13(11)17/h3-9,18H,2,10H2,1H3. The molecule has 0 aliphatic rings. The van der Waals surface area contributed by atoms with Crippen LogP contribution < -0.4 is 5.32 Å². The molecule has 0 heterocycles. The van der Waals surface area contributed by atoms with Gasteiger partial charge in [0.05, 0.1) is 0 Å². The zero-order valence-corrected chi connectivity index (χ0v) is 12.2. The van der Waals surface area contributed by atoms with Gasteiger partial charge >= 0.3 is 0 Å². The van der Waals surface area contributed by atoms with Crippen LogP contribution in [0.3, 0.4) is 0 Å². The third-order valence-electron chi connectivity index (χ3n) is 2.70. The van der Waals surface area contributed by atoms with Crippen LogP contribution in [0.4, 0.5) is 10.1 Å². The van der Waals surface area contributed by atoms with Gasteiger partial charge in [-0.25, -0.2) is 4.39 Å². The molecule has 0 saturated heterocycles. The van der Waals surface area contributed by atoms with E-state index in [-0.39, 0.29) is 5.82 Å². The third-order valence-corrected chi connectivity index (χ3v) is 4.01. The lowest BCUT2D eigenvalue weighted by molar-refractivity contribution is 0.613. The quantitative estimate of drug-likeness (QED) is 0.761. The lowest BCUT2D eigenvalue weighted by Crippen LogP contribution is -2.03. The molecule has 0 bridgehead atoms. The smallest absolute Gasteiger partial charge is 0.129 e. The van der Waals surface area contributed by atoms with E-state index in [1.807, 2.05) is 18.2 Å². The van der Waals surface area contributed by atoms with Crippen LogP contribution in [0.15, 0.2) is 47.4 Å². The first-order valence-electron chi connectivity index (χ1n) is 6.11. The van der Waals surface area contributed by atoms with Gasteiger partial charge in [-0.2, -0.15) is 0 Å². The molecular formula is C15H15ClFNS. The summed E-state index contributed by atoms with van der Waals surface area (Å²) in [5.74, 6) is 0.722. The molecule has 0 amide bonds. The van der Waals surface area contributed by atoms with Crippen LogP contribution in [0.2, 0.25) is 5.02 Å². The molecule has 0 spiro atoms. The summed E-state index contributed by atoms with van der Waals surface area (Å²) in [5.41, 5.74) is 1.51. The molecule has 2 aromatic rings. The van der Waals surface area contributed by atoms with Gasteiger partial charge in [-0.3, -0.25) is 0 Å². The number of hydrogen-bond acceptors (Lipinski definition) is 2. The molecule has 0 radical (unpaired) electrons. The summed E-state index contributed by atoms with van der Waals surface area (Å²) < 4.78 is 13.7. The maximum Gasteiger partial charge on any atom is 0.129 e. The number of nitrogens with one attached hydrogen (secondary N) is 1. The molecule has 4 heteroatoms. The van der Waals surface area contributed by atoms with Crippen LogP contribution in [0.5, 0.6) is 0 Å². The minimum atomic E-state index is -0.277. The van der Waals surface area contributed by atoms with Crippen molar-refractivity contribution in [2.24, 2.45) is 0 Å². The van der Waals surface area contributed by atoms with Gasteiger partial charge in [-0.1, -0.05) is 36.7 Å². The van der Waals surface area contributed by atoms with E-state index in [0.717, 1.165) is 16.3 Å². The molecule has 0 atom stereocenters. The highest BCUT2D eigenvalue weighted by molar-refractivity contribution is 7.99. The summed E-state index contributed by atoms with van der Waals surface area (Å²) in [6.07, 6.45) is 0. The molecule has 0 saturated carbocycles. The Balaban J connectivity index is 2.15. The Morgan fingerprint density at radius 1 is 1.16 bits per heavy atom. The molecule has 1 nitrogen and oxygen atoms in total. The number of rotatable bonds is 5. The van der Waals surface area contributed by atoms with E-state index in [2.05, 4.69) is 18.3 Å². The van der Waals surface area contributed by atoms with Gasteiger partial charge < -0.3 is 5.32 Å². The van der Waals surface area contributed by atoms with Gasteiger partial charge in [0.15, 0.2) is 0 Å². The monoisotopic (exact) mass is 295 g/mol. The lowest BCUT2D eigenvalue weighted by atomic mass is 10.2. The summed E-state index contributed by atoms with van der Waals surface area (Å²) in [4.78, 5) is 1.16. The van der Waals surface area contributed by atoms with E-state index in [1.54, 1.807) is 23.9 Å². The first-order chi connectivity index (χ1) is 9.22. The van der Waals surface area contributed by atoms with Crippen LogP contribution in [0.25, 0.3) is 0 Å². The fourth-order valence-electron chi connectivity index (χ4n) is 1.78. The predicted molar refractivity (Wildman–Crippen MR) is 81.6 cm³/mol. The van der Waals surface area contributed by atoms with Crippen molar-refractivity contribution >= 4 is 29.1 Å². The van der Waals surface area contributed by atoms with Crippen molar-refractivity contribution in [3.63, 3.8) is 0 Å². The molecule has 0 aromatic heterocycles. The Hall–Kier alpha value is -1.19. The highest BCUT2D eigenvalue weighted by Gasteiger charge is 2.07. The maximum absolute atomic E-state index is 13.7. The SMILES string of the molecule is CCSc1ccccc1NCc1c(F)cccc1Cl. The van der Waals surface area contributed by atoms with Crippen LogP contribution in [-0.4, -0.2) is 5.75 Å². The molecule has 0 unspecified atom stereocenters. The Bertz CT molecular complexity index is 539. The summed E-state index contributed by atoms with van der Waals surface area (Å²) >= 11 is 7.77. The van der Waals surface area contributed by atoms with E-state index in [0.29, 0.717) is 17.1 Å². The minimum Gasteiger partial charge on any atom is -0.380 e. The second kappa shape index (κ2) is 6.83. The Morgan fingerprint density at radius 3 is 2.68 bits per heavy atom. The normalized spacial score (nSPS) is 10.5. The van der Waals surface area contributed by atoms with Crippen molar-refractivity contribution in [3.05, 3.63) is 58.9 Å². The van der Waals surface area contributed by atoms with Crippen molar-refractivity contribution in [2.75, 3.05) is 11.1 Å². The topological polar surface area (TPSA) is 12.0 Å². The van der Waals surface area contributed by atoms with Crippen molar-refractivity contribution in [3.8, 4) is 0 Å². The number of hydrogen-bond donors (Lipinski definition) is 1. The number of para-hydroxylation sites is 1.